The van der Waals surface area contributed by atoms with Crippen molar-refractivity contribution >= 4 is 17.5 Å². The summed E-state index contributed by atoms with van der Waals surface area (Å²) in [6, 6.07) is 11.5. The van der Waals surface area contributed by atoms with Crippen molar-refractivity contribution in [2.24, 2.45) is 0 Å². The van der Waals surface area contributed by atoms with Crippen molar-refractivity contribution in [1.29, 1.82) is 0 Å². The first-order chi connectivity index (χ1) is 14.8. The average molecular weight is 425 g/mol. The van der Waals surface area contributed by atoms with E-state index in [0.29, 0.717) is 37.2 Å². The summed E-state index contributed by atoms with van der Waals surface area (Å²) >= 11 is 0. The van der Waals surface area contributed by atoms with E-state index in [9.17, 15) is 19.7 Å². The van der Waals surface area contributed by atoms with Crippen molar-refractivity contribution in [3.8, 4) is 5.75 Å². The highest BCUT2D eigenvalue weighted by atomic mass is 16.6. The van der Waals surface area contributed by atoms with Crippen molar-refractivity contribution < 1.29 is 19.2 Å². The van der Waals surface area contributed by atoms with Crippen LogP contribution in [0.2, 0.25) is 0 Å². The van der Waals surface area contributed by atoms with Crippen LogP contribution in [-0.2, 0) is 4.79 Å². The summed E-state index contributed by atoms with van der Waals surface area (Å²) in [4.78, 5) is 39.7. The lowest BCUT2D eigenvalue weighted by molar-refractivity contribution is -0.385. The van der Waals surface area contributed by atoms with E-state index >= 15 is 0 Å². The minimum Gasteiger partial charge on any atom is -0.492 e. The molecular formula is C23H27N3O5. The molecule has 164 valence electrons. The molecule has 2 aromatic carbocycles. The van der Waals surface area contributed by atoms with Crippen LogP contribution in [-0.4, -0.2) is 59.3 Å². The quantitative estimate of drug-likeness (QED) is 0.501. The Balaban J connectivity index is 1.61. The molecule has 0 N–H and O–H groups in total. The first kappa shape index (κ1) is 22.3. The molecule has 31 heavy (non-hydrogen) atoms. The molecule has 1 aliphatic rings. The Morgan fingerprint density at radius 2 is 1.90 bits per heavy atom. The molecular weight excluding hydrogens is 398 g/mol. The standard InChI is InChI=1S/C23H27N3O5/c1-16-6-9-19(10-7-16)31-14-13-24(3)23(28)21-5-4-12-25(21)22(27)18-8-11-20(26(29)30)17(2)15-18/h6-11,15,21H,4-5,12-14H2,1-3H3. The third kappa shape index (κ3) is 5.20. The first-order valence-electron chi connectivity index (χ1n) is 10.3. The van der Waals surface area contributed by atoms with E-state index in [2.05, 4.69) is 0 Å². The molecule has 0 aromatic heterocycles. The van der Waals surface area contributed by atoms with Crippen molar-refractivity contribution in [2.45, 2.75) is 32.7 Å². The largest absolute Gasteiger partial charge is 0.492 e. The Morgan fingerprint density at radius 1 is 1.19 bits per heavy atom. The summed E-state index contributed by atoms with van der Waals surface area (Å²) in [6.45, 7) is 4.85. The number of hydrogen-bond acceptors (Lipinski definition) is 5. The van der Waals surface area contributed by atoms with Crippen LogP contribution in [0.25, 0.3) is 0 Å². The molecule has 8 heteroatoms. The molecule has 0 aliphatic carbocycles. The predicted molar refractivity (Wildman–Crippen MR) is 116 cm³/mol. The van der Waals surface area contributed by atoms with Crippen molar-refractivity contribution in [1.82, 2.24) is 9.80 Å². The molecule has 1 atom stereocenters. The average Bonchev–Trinajstić information content (AvgIpc) is 3.23. The second kappa shape index (κ2) is 9.59. The van der Waals surface area contributed by atoms with Crippen molar-refractivity contribution in [2.75, 3.05) is 26.7 Å². The van der Waals surface area contributed by atoms with Gasteiger partial charge in [0.2, 0.25) is 5.91 Å². The zero-order valence-corrected chi connectivity index (χ0v) is 18.0. The maximum atomic E-state index is 13.0. The number of carbonyl (C=O) groups excluding carboxylic acids is 2. The molecule has 1 fully saturated rings. The number of likely N-dealkylation sites (N-methyl/N-ethyl adjacent to an activating group) is 1. The summed E-state index contributed by atoms with van der Waals surface area (Å²) in [6.07, 6.45) is 1.33. The van der Waals surface area contributed by atoms with Gasteiger partial charge in [0.15, 0.2) is 0 Å². The monoisotopic (exact) mass is 425 g/mol. The first-order valence-corrected chi connectivity index (χ1v) is 10.3. The van der Waals surface area contributed by atoms with Gasteiger partial charge in [0.05, 0.1) is 11.5 Å². The van der Waals surface area contributed by atoms with Gasteiger partial charge in [0.1, 0.15) is 18.4 Å². The molecule has 1 aliphatic heterocycles. The van der Waals surface area contributed by atoms with E-state index in [1.165, 1.54) is 18.2 Å². The second-order valence-electron chi connectivity index (χ2n) is 7.84. The Kier molecular flexibility index (Phi) is 6.89. The van der Waals surface area contributed by atoms with E-state index in [0.717, 1.165) is 17.7 Å². The molecule has 0 saturated carbocycles. The van der Waals surface area contributed by atoms with E-state index in [4.69, 9.17) is 4.74 Å². The van der Waals surface area contributed by atoms with Gasteiger partial charge >= 0.3 is 0 Å². The molecule has 8 nitrogen and oxygen atoms in total. The predicted octanol–water partition coefficient (Wildman–Crippen LogP) is 3.35. The number of ether oxygens (including phenoxy) is 1. The van der Waals surface area contributed by atoms with Crippen LogP contribution in [0.1, 0.15) is 34.3 Å². The fourth-order valence-corrected chi connectivity index (χ4v) is 3.73. The number of nitrogens with zero attached hydrogens (tertiary/aromatic N) is 3. The van der Waals surface area contributed by atoms with Gasteiger partial charge in [-0.25, -0.2) is 0 Å². The third-order valence-electron chi connectivity index (χ3n) is 5.53. The Morgan fingerprint density at radius 3 is 2.55 bits per heavy atom. The Hall–Kier alpha value is -3.42. The van der Waals surface area contributed by atoms with Gasteiger partial charge in [-0.3, -0.25) is 19.7 Å². The number of amides is 2. The highest BCUT2D eigenvalue weighted by Crippen LogP contribution is 2.24. The number of nitro groups is 1. The maximum Gasteiger partial charge on any atom is 0.272 e. The molecule has 2 aromatic rings. The van der Waals surface area contributed by atoms with Gasteiger partial charge in [-0.15, -0.1) is 0 Å². The fraction of sp³-hybridized carbons (Fsp3) is 0.391. The summed E-state index contributed by atoms with van der Waals surface area (Å²) in [5, 5.41) is 11.0. The van der Waals surface area contributed by atoms with Gasteiger partial charge in [0.25, 0.3) is 11.6 Å². The number of carbonyl (C=O) groups is 2. The van der Waals surface area contributed by atoms with Crippen LogP contribution in [0, 0.1) is 24.0 Å². The van der Waals surface area contributed by atoms with E-state index < -0.39 is 11.0 Å². The van der Waals surface area contributed by atoms with Crippen LogP contribution < -0.4 is 4.74 Å². The van der Waals surface area contributed by atoms with Crippen molar-refractivity contribution in [3.05, 3.63) is 69.3 Å². The van der Waals surface area contributed by atoms with Crippen LogP contribution in [0.5, 0.6) is 5.75 Å². The van der Waals surface area contributed by atoms with Crippen molar-refractivity contribution in [3.63, 3.8) is 0 Å². The zero-order chi connectivity index (χ0) is 22.5. The Labute approximate surface area is 181 Å². The van der Waals surface area contributed by atoms with Gasteiger partial charge in [0, 0.05) is 30.8 Å². The topological polar surface area (TPSA) is 93.0 Å². The third-order valence-corrected chi connectivity index (χ3v) is 5.53. The number of rotatable bonds is 7. The SMILES string of the molecule is Cc1ccc(OCCN(C)C(=O)C2CCCN2C(=O)c2ccc([N+](=O)[O-])c(C)c2)cc1. The number of likely N-dealkylation sites (tertiary alicyclic amines) is 1. The maximum absolute atomic E-state index is 13.0. The fourth-order valence-electron chi connectivity index (χ4n) is 3.73. The molecule has 1 saturated heterocycles. The zero-order valence-electron chi connectivity index (χ0n) is 18.0. The van der Waals surface area contributed by atoms with Crippen LogP contribution in [0.15, 0.2) is 42.5 Å². The summed E-state index contributed by atoms with van der Waals surface area (Å²) in [5.74, 6) is 0.341. The lowest BCUT2D eigenvalue weighted by Gasteiger charge is -2.28. The highest BCUT2D eigenvalue weighted by molar-refractivity contribution is 5.98. The lowest BCUT2D eigenvalue weighted by Crippen LogP contribution is -2.47. The molecule has 0 radical (unpaired) electrons. The van der Waals surface area contributed by atoms with Crippen LogP contribution in [0.3, 0.4) is 0 Å². The second-order valence-corrected chi connectivity index (χ2v) is 7.84. The molecule has 3 rings (SSSR count). The van der Waals surface area contributed by atoms with Gasteiger partial charge in [-0.1, -0.05) is 17.7 Å². The Bertz CT molecular complexity index is 974. The number of nitro benzene ring substituents is 1. The van der Waals surface area contributed by atoms with E-state index in [1.807, 2.05) is 31.2 Å². The minimum absolute atomic E-state index is 0.0288. The van der Waals surface area contributed by atoms with Crippen LogP contribution in [0.4, 0.5) is 5.69 Å². The van der Waals surface area contributed by atoms with E-state index in [-0.39, 0.29) is 17.5 Å². The number of hydrogen-bond donors (Lipinski definition) is 0. The summed E-state index contributed by atoms with van der Waals surface area (Å²) < 4.78 is 5.70. The molecule has 1 unspecified atom stereocenters. The highest BCUT2D eigenvalue weighted by Gasteiger charge is 2.36. The minimum atomic E-state index is -0.535. The molecule has 0 bridgehead atoms. The van der Waals surface area contributed by atoms with E-state index in [1.54, 1.807) is 23.8 Å². The number of benzene rings is 2. The van der Waals surface area contributed by atoms with Gasteiger partial charge < -0.3 is 14.5 Å². The molecule has 0 spiro atoms. The van der Waals surface area contributed by atoms with Gasteiger partial charge in [-0.2, -0.15) is 0 Å². The normalized spacial score (nSPS) is 15.6. The molecule has 2 amide bonds. The number of aryl methyl sites for hydroxylation is 2. The lowest BCUT2D eigenvalue weighted by atomic mass is 10.1. The summed E-state index contributed by atoms with van der Waals surface area (Å²) in [5.41, 5.74) is 1.89. The smallest absolute Gasteiger partial charge is 0.272 e. The van der Waals surface area contributed by atoms with Gasteiger partial charge in [-0.05, 0) is 51.0 Å². The van der Waals surface area contributed by atoms with Crippen LogP contribution >= 0.6 is 0 Å². The summed E-state index contributed by atoms with van der Waals surface area (Å²) in [7, 11) is 1.71. The molecule has 1 heterocycles.